The van der Waals surface area contributed by atoms with E-state index >= 15 is 0 Å². The average Bonchev–Trinajstić information content (AvgIpc) is 3.06. The van der Waals surface area contributed by atoms with Crippen LogP contribution in [0.25, 0.3) is 20.2 Å². The van der Waals surface area contributed by atoms with Crippen LogP contribution in [0, 0.1) is 13.8 Å². The Bertz CT molecular complexity index is 765. The minimum Gasteiger partial charge on any atom is -0.144 e. The van der Waals surface area contributed by atoms with Gasteiger partial charge in [-0.15, -0.1) is 22.7 Å². The lowest BCUT2D eigenvalue weighted by Crippen LogP contribution is -1.67. The van der Waals surface area contributed by atoms with Crippen LogP contribution in [0.3, 0.4) is 0 Å². The van der Waals surface area contributed by atoms with E-state index in [0.717, 1.165) is 0 Å². The number of hydrogen-bond donors (Lipinski definition) is 0. The average molecular weight is 296 g/mol. The second-order valence-corrected chi connectivity index (χ2v) is 6.82. The molecule has 0 saturated heterocycles. The van der Waals surface area contributed by atoms with Crippen molar-refractivity contribution < 1.29 is 0 Å². The molecule has 0 spiro atoms. The van der Waals surface area contributed by atoms with E-state index in [2.05, 4.69) is 73.1 Å². The van der Waals surface area contributed by atoms with E-state index in [1.165, 1.54) is 31.3 Å². The number of fused-ring (bicyclic) bond motifs is 2. The summed E-state index contributed by atoms with van der Waals surface area (Å²) in [6, 6.07) is 17.4. The molecule has 20 heavy (non-hydrogen) atoms. The van der Waals surface area contributed by atoms with Crippen LogP contribution in [0.1, 0.15) is 11.1 Å². The van der Waals surface area contributed by atoms with Crippen molar-refractivity contribution in [2.45, 2.75) is 13.8 Å². The third-order valence-corrected chi connectivity index (χ3v) is 5.00. The van der Waals surface area contributed by atoms with Crippen LogP contribution in [0.5, 0.6) is 0 Å². The molecule has 0 atom stereocenters. The molecule has 0 bridgehead atoms. The van der Waals surface area contributed by atoms with Crippen molar-refractivity contribution in [3.63, 3.8) is 0 Å². The lowest BCUT2D eigenvalue weighted by atomic mass is 10.2. The predicted octanol–water partition coefficient (Wildman–Crippen LogP) is 6.42. The second kappa shape index (κ2) is 5.78. The number of aryl methyl sites for hydroxylation is 2. The molecule has 0 aliphatic rings. The molecule has 4 aromatic rings. The van der Waals surface area contributed by atoms with Crippen molar-refractivity contribution in [1.82, 2.24) is 0 Å². The molecule has 100 valence electrons. The van der Waals surface area contributed by atoms with Gasteiger partial charge in [0.15, 0.2) is 0 Å². The normalized spacial score (nSPS) is 10.5. The van der Waals surface area contributed by atoms with Gasteiger partial charge >= 0.3 is 0 Å². The fraction of sp³-hybridized carbons (Fsp3) is 0.111. The Hall–Kier alpha value is -1.64. The van der Waals surface area contributed by atoms with E-state index in [0.29, 0.717) is 0 Å². The number of rotatable bonds is 0. The first kappa shape index (κ1) is 13.3. The van der Waals surface area contributed by atoms with Crippen LogP contribution in [0.15, 0.2) is 59.3 Å². The van der Waals surface area contributed by atoms with Crippen LogP contribution < -0.4 is 0 Å². The van der Waals surface area contributed by atoms with E-state index in [9.17, 15) is 0 Å². The molecular weight excluding hydrogens is 280 g/mol. The van der Waals surface area contributed by atoms with Gasteiger partial charge in [-0.25, -0.2) is 0 Å². The number of hydrogen-bond acceptors (Lipinski definition) is 2. The Morgan fingerprint density at radius 3 is 2.10 bits per heavy atom. The van der Waals surface area contributed by atoms with Crippen molar-refractivity contribution in [1.29, 1.82) is 0 Å². The first-order valence-corrected chi connectivity index (χ1v) is 8.36. The number of benzene rings is 2. The highest BCUT2D eigenvalue weighted by atomic mass is 32.1. The molecule has 0 nitrogen and oxygen atoms in total. The molecule has 0 amide bonds. The summed E-state index contributed by atoms with van der Waals surface area (Å²) in [5, 5.41) is 6.98. The van der Waals surface area contributed by atoms with Gasteiger partial charge in [0.25, 0.3) is 0 Å². The fourth-order valence-electron chi connectivity index (χ4n) is 2.15. The van der Waals surface area contributed by atoms with Crippen molar-refractivity contribution in [2.24, 2.45) is 0 Å². The minimum atomic E-state index is 1.34. The lowest BCUT2D eigenvalue weighted by molar-refractivity contribution is 1.52. The fourth-order valence-corrected chi connectivity index (χ4v) is 3.81. The number of thiophene rings is 2. The topological polar surface area (TPSA) is 0 Å². The summed E-state index contributed by atoms with van der Waals surface area (Å²) >= 11 is 3.60. The summed E-state index contributed by atoms with van der Waals surface area (Å²) in [5.41, 5.74) is 2.68. The quantitative estimate of drug-likeness (QED) is 0.351. The maximum Gasteiger partial charge on any atom is 0.0345 e. The molecule has 4 rings (SSSR count). The molecule has 0 N–H and O–H groups in total. The largest absolute Gasteiger partial charge is 0.144 e. The molecule has 0 aliphatic carbocycles. The Morgan fingerprint density at radius 2 is 1.25 bits per heavy atom. The van der Waals surface area contributed by atoms with E-state index < -0.39 is 0 Å². The van der Waals surface area contributed by atoms with Gasteiger partial charge in [-0.3, -0.25) is 0 Å². The summed E-state index contributed by atoms with van der Waals surface area (Å²) in [5.74, 6) is 0. The summed E-state index contributed by atoms with van der Waals surface area (Å²) in [7, 11) is 0. The van der Waals surface area contributed by atoms with Crippen LogP contribution in [-0.2, 0) is 0 Å². The molecule has 0 fully saturated rings. The third kappa shape index (κ3) is 2.92. The van der Waals surface area contributed by atoms with E-state index in [-0.39, 0.29) is 0 Å². The van der Waals surface area contributed by atoms with E-state index in [1.54, 1.807) is 22.7 Å². The van der Waals surface area contributed by atoms with Crippen LogP contribution in [0.4, 0.5) is 0 Å². The molecule has 2 aromatic heterocycles. The zero-order valence-corrected chi connectivity index (χ0v) is 13.2. The monoisotopic (exact) mass is 296 g/mol. The van der Waals surface area contributed by atoms with Gasteiger partial charge in [0.05, 0.1) is 0 Å². The van der Waals surface area contributed by atoms with Crippen molar-refractivity contribution in [3.8, 4) is 0 Å². The third-order valence-electron chi connectivity index (χ3n) is 3.22. The highest BCUT2D eigenvalue weighted by Gasteiger charge is 1.92. The summed E-state index contributed by atoms with van der Waals surface area (Å²) in [6.07, 6.45) is 0. The van der Waals surface area contributed by atoms with Gasteiger partial charge in [0.2, 0.25) is 0 Å². The minimum absolute atomic E-state index is 1.34. The maximum absolute atomic E-state index is 2.22. The molecule has 0 saturated carbocycles. The standard InChI is InChI=1S/2C9H8S/c1-7-2-3-9-8(6-7)4-5-10-9;1-7-2-3-8-4-5-10-9(8)6-7/h2*2-6H,1H3. The van der Waals surface area contributed by atoms with Crippen LogP contribution in [-0.4, -0.2) is 0 Å². The Kier molecular flexibility index (Phi) is 3.86. The zero-order valence-electron chi connectivity index (χ0n) is 11.6. The van der Waals surface area contributed by atoms with Gasteiger partial charge in [-0.1, -0.05) is 29.8 Å². The summed E-state index contributed by atoms with van der Waals surface area (Å²) < 4.78 is 2.77. The zero-order chi connectivity index (χ0) is 13.9. The Labute approximate surface area is 127 Å². The maximum atomic E-state index is 2.22. The lowest BCUT2D eigenvalue weighted by Gasteiger charge is -1.89. The van der Waals surface area contributed by atoms with E-state index in [4.69, 9.17) is 0 Å². The summed E-state index contributed by atoms with van der Waals surface area (Å²) in [6.45, 7) is 4.25. The van der Waals surface area contributed by atoms with Gasteiger partial charge in [0, 0.05) is 9.40 Å². The predicted molar refractivity (Wildman–Crippen MR) is 93.1 cm³/mol. The summed E-state index contributed by atoms with van der Waals surface area (Å²) in [4.78, 5) is 0. The molecular formula is C18H16S2. The van der Waals surface area contributed by atoms with Crippen molar-refractivity contribution in [2.75, 3.05) is 0 Å². The van der Waals surface area contributed by atoms with Crippen molar-refractivity contribution >= 4 is 42.8 Å². The van der Waals surface area contributed by atoms with Crippen LogP contribution in [0.2, 0.25) is 0 Å². The SMILES string of the molecule is Cc1ccc2ccsc2c1.Cc1ccc2sccc2c1. The second-order valence-electron chi connectivity index (χ2n) is 4.92. The molecule has 0 unspecified atom stereocenters. The molecule has 2 aromatic carbocycles. The first-order chi connectivity index (χ1) is 9.72. The highest BCUT2D eigenvalue weighted by molar-refractivity contribution is 7.17. The highest BCUT2D eigenvalue weighted by Crippen LogP contribution is 2.21. The van der Waals surface area contributed by atoms with Gasteiger partial charge in [-0.05, 0) is 65.2 Å². The smallest absolute Gasteiger partial charge is 0.0345 e. The molecule has 2 heteroatoms. The molecule has 0 radical (unpaired) electrons. The van der Waals surface area contributed by atoms with Gasteiger partial charge in [0.1, 0.15) is 0 Å². The molecule has 0 aliphatic heterocycles. The first-order valence-electron chi connectivity index (χ1n) is 6.60. The van der Waals surface area contributed by atoms with Gasteiger partial charge < -0.3 is 0 Å². The molecule has 2 heterocycles. The van der Waals surface area contributed by atoms with Crippen molar-refractivity contribution in [3.05, 3.63) is 70.4 Å². The Balaban J connectivity index is 0.000000121. The van der Waals surface area contributed by atoms with Gasteiger partial charge in [-0.2, -0.15) is 0 Å². The van der Waals surface area contributed by atoms with E-state index in [1.807, 2.05) is 0 Å². The van der Waals surface area contributed by atoms with Crippen LogP contribution >= 0.6 is 22.7 Å². The Morgan fingerprint density at radius 1 is 0.600 bits per heavy atom.